The highest BCUT2D eigenvalue weighted by Gasteiger charge is 2.04. The average Bonchev–Trinajstić information content (AvgIpc) is 2.29. The summed E-state index contributed by atoms with van der Waals surface area (Å²) in [4.78, 5) is 0. The second-order valence-corrected chi connectivity index (χ2v) is 4.82. The number of nitrogens with two attached hydrogens (primary N) is 1. The third-order valence-corrected chi connectivity index (χ3v) is 3.21. The Morgan fingerprint density at radius 3 is 2.71 bits per heavy atom. The summed E-state index contributed by atoms with van der Waals surface area (Å²) in [5, 5.41) is 0.683. The molecule has 96 valence electrons. The van der Waals surface area contributed by atoms with Crippen LogP contribution >= 0.6 is 11.6 Å². The predicted octanol–water partition coefficient (Wildman–Crippen LogP) is 3.80. The Bertz CT molecular complexity index is 341. The van der Waals surface area contributed by atoms with E-state index in [1.807, 2.05) is 12.1 Å². The third kappa shape index (κ3) is 4.97. The first kappa shape index (κ1) is 14.3. The van der Waals surface area contributed by atoms with E-state index < -0.39 is 0 Å². The molecule has 0 fully saturated rings. The summed E-state index contributed by atoms with van der Waals surface area (Å²) in [5.41, 5.74) is 7.23. The lowest BCUT2D eigenvalue weighted by Crippen LogP contribution is -2.19. The number of hydrogen-bond acceptors (Lipinski definition) is 2. The molecular formula is C14H22ClNO. The summed E-state index contributed by atoms with van der Waals surface area (Å²) in [6.45, 7) is 2.17. The Morgan fingerprint density at radius 1 is 1.35 bits per heavy atom. The monoisotopic (exact) mass is 255 g/mol. The Balaban J connectivity index is 2.39. The summed E-state index contributed by atoms with van der Waals surface area (Å²) < 4.78 is 5.12. The van der Waals surface area contributed by atoms with E-state index in [9.17, 15) is 0 Å². The number of benzene rings is 1. The van der Waals surface area contributed by atoms with Gasteiger partial charge in [0.05, 0.1) is 12.1 Å². The molecule has 1 atom stereocenters. The van der Waals surface area contributed by atoms with Crippen LogP contribution in [0.2, 0.25) is 5.02 Å². The average molecular weight is 256 g/mol. The number of ether oxygens (including phenoxy) is 1. The first-order valence-electron chi connectivity index (χ1n) is 6.25. The lowest BCUT2D eigenvalue weighted by atomic mass is 10.0. The van der Waals surface area contributed by atoms with Crippen LogP contribution in [0.4, 0.5) is 0 Å². The normalized spacial score (nSPS) is 12.5. The van der Waals surface area contributed by atoms with E-state index in [0.29, 0.717) is 11.1 Å². The molecule has 0 aliphatic heterocycles. The van der Waals surface area contributed by atoms with Gasteiger partial charge in [-0.3, -0.25) is 0 Å². The Labute approximate surface area is 109 Å². The largest absolute Gasteiger partial charge is 0.495 e. The van der Waals surface area contributed by atoms with Gasteiger partial charge in [-0.05, 0) is 43.4 Å². The van der Waals surface area contributed by atoms with Crippen molar-refractivity contribution in [1.82, 2.24) is 0 Å². The highest BCUT2D eigenvalue weighted by molar-refractivity contribution is 6.32. The number of hydrogen-bond donors (Lipinski definition) is 1. The van der Waals surface area contributed by atoms with Crippen molar-refractivity contribution in [1.29, 1.82) is 0 Å². The van der Waals surface area contributed by atoms with Crippen LogP contribution in [0.5, 0.6) is 5.75 Å². The molecule has 3 heteroatoms. The van der Waals surface area contributed by atoms with Gasteiger partial charge < -0.3 is 10.5 Å². The van der Waals surface area contributed by atoms with Gasteiger partial charge in [-0.1, -0.05) is 31.0 Å². The SMILES string of the molecule is CCCC(N)CCCc1ccc(OC)c(Cl)c1. The van der Waals surface area contributed by atoms with Crippen molar-refractivity contribution in [2.75, 3.05) is 7.11 Å². The molecule has 0 aliphatic carbocycles. The lowest BCUT2D eigenvalue weighted by molar-refractivity contribution is 0.415. The van der Waals surface area contributed by atoms with Crippen molar-refractivity contribution in [3.63, 3.8) is 0 Å². The predicted molar refractivity (Wildman–Crippen MR) is 73.8 cm³/mol. The maximum Gasteiger partial charge on any atom is 0.137 e. The molecule has 2 N–H and O–H groups in total. The van der Waals surface area contributed by atoms with Gasteiger partial charge >= 0.3 is 0 Å². The molecule has 0 aromatic heterocycles. The van der Waals surface area contributed by atoms with E-state index in [1.165, 1.54) is 5.56 Å². The Morgan fingerprint density at radius 2 is 2.12 bits per heavy atom. The Hall–Kier alpha value is -0.730. The summed E-state index contributed by atoms with van der Waals surface area (Å²) in [6, 6.07) is 6.31. The van der Waals surface area contributed by atoms with Gasteiger partial charge in [-0.2, -0.15) is 0 Å². The molecule has 1 aromatic carbocycles. The van der Waals surface area contributed by atoms with Crippen molar-refractivity contribution in [2.24, 2.45) is 5.73 Å². The van der Waals surface area contributed by atoms with Crippen molar-refractivity contribution >= 4 is 11.6 Å². The van der Waals surface area contributed by atoms with Crippen LogP contribution in [0, 0.1) is 0 Å². The van der Waals surface area contributed by atoms with Gasteiger partial charge in [-0.25, -0.2) is 0 Å². The minimum atomic E-state index is 0.341. The number of aryl methyl sites for hydroxylation is 1. The minimum Gasteiger partial charge on any atom is -0.495 e. The summed E-state index contributed by atoms with van der Waals surface area (Å²) in [5.74, 6) is 0.734. The quantitative estimate of drug-likeness (QED) is 0.804. The van der Waals surface area contributed by atoms with E-state index in [1.54, 1.807) is 7.11 Å². The van der Waals surface area contributed by atoms with Gasteiger partial charge in [0, 0.05) is 6.04 Å². The molecule has 0 heterocycles. The van der Waals surface area contributed by atoms with E-state index in [0.717, 1.165) is 37.9 Å². The lowest BCUT2D eigenvalue weighted by Gasteiger charge is -2.10. The maximum absolute atomic E-state index is 6.07. The molecule has 0 radical (unpaired) electrons. The second-order valence-electron chi connectivity index (χ2n) is 4.41. The first-order valence-corrected chi connectivity index (χ1v) is 6.63. The topological polar surface area (TPSA) is 35.2 Å². The molecule has 0 saturated carbocycles. The second kappa shape index (κ2) is 7.57. The molecule has 0 aliphatic rings. The van der Waals surface area contributed by atoms with Crippen LogP contribution in [-0.2, 0) is 6.42 Å². The van der Waals surface area contributed by atoms with Crippen LogP contribution < -0.4 is 10.5 Å². The van der Waals surface area contributed by atoms with Crippen LogP contribution in [0.25, 0.3) is 0 Å². The van der Waals surface area contributed by atoms with E-state index >= 15 is 0 Å². The fourth-order valence-corrected chi connectivity index (χ4v) is 2.23. The number of methoxy groups -OCH3 is 1. The maximum atomic E-state index is 6.07. The van der Waals surface area contributed by atoms with Gasteiger partial charge in [0.15, 0.2) is 0 Å². The minimum absolute atomic E-state index is 0.341. The molecule has 1 aromatic rings. The highest BCUT2D eigenvalue weighted by atomic mass is 35.5. The van der Waals surface area contributed by atoms with E-state index in [4.69, 9.17) is 22.1 Å². The molecule has 0 saturated heterocycles. The van der Waals surface area contributed by atoms with Gasteiger partial charge in [-0.15, -0.1) is 0 Å². The molecule has 0 spiro atoms. The zero-order valence-electron chi connectivity index (χ0n) is 10.7. The fraction of sp³-hybridized carbons (Fsp3) is 0.571. The van der Waals surface area contributed by atoms with Crippen LogP contribution in [0.15, 0.2) is 18.2 Å². The van der Waals surface area contributed by atoms with Gasteiger partial charge in [0.1, 0.15) is 5.75 Å². The van der Waals surface area contributed by atoms with Gasteiger partial charge in [0.25, 0.3) is 0 Å². The van der Waals surface area contributed by atoms with Crippen LogP contribution in [0.3, 0.4) is 0 Å². The molecular weight excluding hydrogens is 234 g/mol. The van der Waals surface area contributed by atoms with Crippen molar-refractivity contribution < 1.29 is 4.74 Å². The number of halogens is 1. The summed E-state index contributed by atoms with van der Waals surface area (Å²) in [6.07, 6.45) is 5.50. The summed E-state index contributed by atoms with van der Waals surface area (Å²) >= 11 is 6.07. The van der Waals surface area contributed by atoms with E-state index in [-0.39, 0.29) is 0 Å². The number of rotatable bonds is 7. The zero-order chi connectivity index (χ0) is 12.7. The smallest absolute Gasteiger partial charge is 0.137 e. The third-order valence-electron chi connectivity index (χ3n) is 2.92. The van der Waals surface area contributed by atoms with Crippen molar-refractivity contribution in [3.8, 4) is 5.75 Å². The van der Waals surface area contributed by atoms with E-state index in [2.05, 4.69) is 13.0 Å². The molecule has 1 rings (SSSR count). The van der Waals surface area contributed by atoms with Crippen molar-refractivity contribution in [3.05, 3.63) is 28.8 Å². The van der Waals surface area contributed by atoms with Crippen LogP contribution in [-0.4, -0.2) is 13.2 Å². The standard InChI is InChI=1S/C14H22ClNO/c1-3-5-12(16)7-4-6-11-8-9-14(17-2)13(15)10-11/h8-10,12H,3-7,16H2,1-2H3. The van der Waals surface area contributed by atoms with Crippen molar-refractivity contribution in [2.45, 2.75) is 45.1 Å². The summed E-state index contributed by atoms with van der Waals surface area (Å²) in [7, 11) is 1.63. The van der Waals surface area contributed by atoms with Crippen LogP contribution in [0.1, 0.15) is 38.2 Å². The first-order chi connectivity index (χ1) is 8.17. The highest BCUT2D eigenvalue weighted by Crippen LogP contribution is 2.25. The molecule has 1 unspecified atom stereocenters. The molecule has 0 bridgehead atoms. The van der Waals surface area contributed by atoms with Gasteiger partial charge in [0.2, 0.25) is 0 Å². The zero-order valence-corrected chi connectivity index (χ0v) is 11.5. The fourth-order valence-electron chi connectivity index (χ4n) is 1.95. The Kier molecular flexibility index (Phi) is 6.38. The molecule has 17 heavy (non-hydrogen) atoms. The molecule has 0 amide bonds. The molecule has 2 nitrogen and oxygen atoms in total.